The van der Waals surface area contributed by atoms with Crippen molar-refractivity contribution in [2.75, 3.05) is 33.0 Å². The normalized spacial score (nSPS) is 12.0. The average molecular weight is 349 g/mol. The molecule has 0 heterocycles. The minimum absolute atomic E-state index is 0.747. The lowest BCUT2D eigenvalue weighted by Gasteiger charge is -2.30. The number of ether oxygens (including phenoxy) is 1. The van der Waals surface area contributed by atoms with Crippen LogP contribution in [0.4, 0.5) is 0 Å². The van der Waals surface area contributed by atoms with E-state index in [1.54, 1.807) is 0 Å². The Morgan fingerprint density at radius 1 is 0.522 bits per heavy atom. The Morgan fingerprint density at radius 3 is 1.39 bits per heavy atom. The zero-order valence-electron chi connectivity index (χ0n) is 16.0. The molecule has 140 valence electrons. The smallest absolute Gasteiger partial charge is 0.381 e. The minimum atomic E-state index is -2.55. The molecule has 0 radical (unpaired) electrons. The van der Waals surface area contributed by atoms with Gasteiger partial charge in [0.2, 0.25) is 0 Å². The van der Waals surface area contributed by atoms with Gasteiger partial charge in [-0.1, -0.05) is 47.0 Å². The Bertz CT molecular complexity index is 213. The number of rotatable bonds is 18. The highest BCUT2D eigenvalue weighted by molar-refractivity contribution is 6.60. The molecule has 0 spiro atoms. The van der Waals surface area contributed by atoms with E-state index in [-0.39, 0.29) is 0 Å². The maximum absolute atomic E-state index is 6.21. The van der Waals surface area contributed by atoms with E-state index in [0.29, 0.717) is 0 Å². The molecule has 0 atom stereocenters. The third-order valence-electron chi connectivity index (χ3n) is 3.58. The molecule has 0 unspecified atom stereocenters. The van der Waals surface area contributed by atoms with Crippen LogP contribution in [0.3, 0.4) is 0 Å². The second-order valence-electron chi connectivity index (χ2n) is 6.00. The first-order chi connectivity index (χ1) is 11.2. The molecular weight excluding hydrogens is 308 g/mol. The molecule has 0 amide bonds. The van der Waals surface area contributed by atoms with Crippen molar-refractivity contribution in [1.29, 1.82) is 0 Å². The summed E-state index contributed by atoms with van der Waals surface area (Å²) >= 11 is 0. The van der Waals surface area contributed by atoms with Crippen LogP contribution in [0.1, 0.15) is 79.1 Å². The Hall–Kier alpha value is 0.0569. The molecule has 0 aromatic carbocycles. The average Bonchev–Trinajstić information content (AvgIpc) is 2.55. The molecule has 0 aromatic rings. The Labute approximate surface area is 145 Å². The lowest BCUT2D eigenvalue weighted by atomic mass is 10.4. The molecular formula is C18H40O4Si. The molecule has 0 aliphatic carbocycles. The van der Waals surface area contributed by atoms with Crippen LogP contribution in [0.25, 0.3) is 0 Å². The summed E-state index contributed by atoms with van der Waals surface area (Å²) in [6.07, 6.45) is 8.61. The third-order valence-corrected chi connectivity index (χ3v) is 6.48. The highest BCUT2D eigenvalue weighted by Crippen LogP contribution is 2.20. The summed E-state index contributed by atoms with van der Waals surface area (Å²) in [6.45, 7) is 12.5. The number of hydrogen-bond donors (Lipinski definition) is 0. The molecule has 0 rings (SSSR count). The Morgan fingerprint density at radius 2 is 1.00 bits per heavy atom. The van der Waals surface area contributed by atoms with Crippen molar-refractivity contribution < 1.29 is 18.0 Å². The van der Waals surface area contributed by atoms with Crippen molar-refractivity contribution >= 4 is 8.80 Å². The van der Waals surface area contributed by atoms with Crippen LogP contribution >= 0.6 is 0 Å². The molecule has 0 fully saturated rings. The van der Waals surface area contributed by atoms with Gasteiger partial charge in [0.15, 0.2) is 0 Å². The minimum Gasteiger partial charge on any atom is -0.381 e. The van der Waals surface area contributed by atoms with Crippen LogP contribution in [-0.2, 0) is 18.0 Å². The first kappa shape index (κ1) is 23.1. The summed E-state index contributed by atoms with van der Waals surface area (Å²) < 4.78 is 24.2. The van der Waals surface area contributed by atoms with Crippen LogP contribution in [-0.4, -0.2) is 41.8 Å². The largest absolute Gasteiger partial charge is 0.501 e. The topological polar surface area (TPSA) is 36.9 Å². The zero-order valence-corrected chi connectivity index (χ0v) is 17.0. The first-order valence-electron chi connectivity index (χ1n) is 9.74. The van der Waals surface area contributed by atoms with Crippen LogP contribution in [0.2, 0.25) is 6.04 Å². The molecule has 0 aliphatic heterocycles. The first-order valence-corrected chi connectivity index (χ1v) is 11.7. The second kappa shape index (κ2) is 16.9. The second-order valence-corrected chi connectivity index (χ2v) is 8.74. The van der Waals surface area contributed by atoms with Crippen molar-refractivity contribution in [3.8, 4) is 0 Å². The molecule has 0 saturated carbocycles. The van der Waals surface area contributed by atoms with Crippen LogP contribution in [0, 0.1) is 0 Å². The summed E-state index contributed by atoms with van der Waals surface area (Å²) in [5.41, 5.74) is 0. The van der Waals surface area contributed by atoms with Gasteiger partial charge >= 0.3 is 8.80 Å². The van der Waals surface area contributed by atoms with Crippen molar-refractivity contribution in [3.63, 3.8) is 0 Å². The van der Waals surface area contributed by atoms with Gasteiger partial charge in [-0.2, -0.15) is 0 Å². The van der Waals surface area contributed by atoms with Crippen LogP contribution < -0.4 is 0 Å². The standard InChI is InChI=1S/C18H40O4Si/c1-5-9-15-20-23(21-16-10-6-2,22-17-11-7-3)18-12-14-19-13-8-4/h5-18H2,1-4H3. The van der Waals surface area contributed by atoms with Gasteiger partial charge in [0.1, 0.15) is 0 Å². The van der Waals surface area contributed by atoms with Crippen molar-refractivity contribution in [2.45, 2.75) is 85.1 Å². The lowest BCUT2D eigenvalue weighted by molar-refractivity contribution is 0.0522. The summed E-state index contributed by atoms with van der Waals surface area (Å²) in [4.78, 5) is 0. The predicted molar refractivity (Wildman–Crippen MR) is 98.9 cm³/mol. The van der Waals surface area contributed by atoms with E-state index in [9.17, 15) is 0 Å². The van der Waals surface area contributed by atoms with Gasteiger partial charge in [0, 0.05) is 39.1 Å². The molecule has 0 aromatic heterocycles. The van der Waals surface area contributed by atoms with Gasteiger partial charge in [-0.25, -0.2) is 0 Å². The van der Waals surface area contributed by atoms with Crippen molar-refractivity contribution in [2.24, 2.45) is 0 Å². The van der Waals surface area contributed by atoms with Crippen molar-refractivity contribution in [1.82, 2.24) is 0 Å². The van der Waals surface area contributed by atoms with Crippen molar-refractivity contribution in [3.05, 3.63) is 0 Å². The highest BCUT2D eigenvalue weighted by atomic mass is 28.4. The van der Waals surface area contributed by atoms with E-state index in [1.165, 1.54) is 0 Å². The summed E-state index contributed by atoms with van der Waals surface area (Å²) in [5.74, 6) is 0. The maximum Gasteiger partial charge on any atom is 0.501 e. The molecule has 0 aliphatic rings. The monoisotopic (exact) mass is 348 g/mol. The van der Waals surface area contributed by atoms with E-state index < -0.39 is 8.80 Å². The maximum atomic E-state index is 6.21. The van der Waals surface area contributed by atoms with Crippen LogP contribution in [0.15, 0.2) is 0 Å². The lowest BCUT2D eigenvalue weighted by Crippen LogP contribution is -2.46. The fraction of sp³-hybridized carbons (Fsp3) is 1.00. The quantitative estimate of drug-likeness (QED) is 0.252. The van der Waals surface area contributed by atoms with Gasteiger partial charge in [-0.15, -0.1) is 0 Å². The van der Waals surface area contributed by atoms with E-state index in [0.717, 1.165) is 90.4 Å². The predicted octanol–water partition coefficient (Wildman–Crippen LogP) is 5.19. The highest BCUT2D eigenvalue weighted by Gasteiger charge is 2.40. The van der Waals surface area contributed by atoms with E-state index >= 15 is 0 Å². The van der Waals surface area contributed by atoms with Gasteiger partial charge in [-0.3, -0.25) is 0 Å². The molecule has 0 saturated heterocycles. The molecule has 5 heteroatoms. The summed E-state index contributed by atoms with van der Waals surface area (Å²) in [7, 11) is -2.55. The van der Waals surface area contributed by atoms with Gasteiger partial charge < -0.3 is 18.0 Å². The fourth-order valence-electron chi connectivity index (χ4n) is 2.09. The van der Waals surface area contributed by atoms with E-state index in [4.69, 9.17) is 18.0 Å². The van der Waals surface area contributed by atoms with E-state index in [2.05, 4.69) is 27.7 Å². The Kier molecular flexibility index (Phi) is 16.9. The number of unbranched alkanes of at least 4 members (excludes halogenated alkanes) is 3. The SMILES string of the molecule is CCCCO[Si](CCCOCCC)(OCCCC)OCCCC. The van der Waals surface area contributed by atoms with Gasteiger partial charge in [0.25, 0.3) is 0 Å². The molecule has 23 heavy (non-hydrogen) atoms. The molecule has 4 nitrogen and oxygen atoms in total. The van der Waals surface area contributed by atoms with E-state index in [1.807, 2.05) is 0 Å². The Balaban J connectivity index is 4.52. The third kappa shape index (κ3) is 13.1. The fourth-order valence-corrected chi connectivity index (χ4v) is 4.72. The van der Waals surface area contributed by atoms with Crippen LogP contribution in [0.5, 0.6) is 0 Å². The van der Waals surface area contributed by atoms with Gasteiger partial charge in [0.05, 0.1) is 0 Å². The molecule has 0 bridgehead atoms. The molecule has 0 N–H and O–H groups in total. The summed E-state index contributed by atoms with van der Waals surface area (Å²) in [6, 6.07) is 0.869. The van der Waals surface area contributed by atoms with Gasteiger partial charge in [-0.05, 0) is 32.1 Å². The zero-order chi connectivity index (χ0) is 17.2. The summed E-state index contributed by atoms with van der Waals surface area (Å²) in [5, 5.41) is 0. The number of hydrogen-bond acceptors (Lipinski definition) is 4.